The number of aryl methyl sites for hydroxylation is 3. The summed E-state index contributed by atoms with van der Waals surface area (Å²) in [7, 11) is 1.52. The Kier molecular flexibility index (Phi) is 6.40. The Morgan fingerprint density at radius 1 is 1.18 bits per heavy atom. The van der Waals surface area contributed by atoms with E-state index in [1.54, 1.807) is 25.1 Å². The number of methoxy groups -OCH3 is 1. The zero-order valence-electron chi connectivity index (χ0n) is 18.7. The van der Waals surface area contributed by atoms with Crippen molar-refractivity contribution >= 4 is 34.5 Å². The Morgan fingerprint density at radius 2 is 1.91 bits per heavy atom. The highest BCUT2D eigenvalue weighted by molar-refractivity contribution is 7.16. The maximum absolute atomic E-state index is 13.1. The van der Waals surface area contributed by atoms with Gasteiger partial charge in [0.15, 0.2) is 0 Å². The fourth-order valence-corrected chi connectivity index (χ4v) is 4.57. The lowest BCUT2D eigenvalue weighted by atomic mass is 10.0. The van der Waals surface area contributed by atoms with Crippen LogP contribution in [0, 0.1) is 20.8 Å². The Morgan fingerprint density at radius 3 is 2.61 bits per heavy atom. The minimum atomic E-state index is -0.354. The number of benzene rings is 2. The number of hydrogen-bond acceptors (Lipinski definition) is 5. The van der Waals surface area contributed by atoms with Crippen LogP contribution >= 0.6 is 22.9 Å². The first-order valence-electron chi connectivity index (χ1n) is 10.3. The zero-order valence-corrected chi connectivity index (χ0v) is 20.2. The summed E-state index contributed by atoms with van der Waals surface area (Å²) in [5, 5.41) is 6.79. The lowest BCUT2D eigenvalue weighted by molar-refractivity contribution is 0.102. The zero-order chi connectivity index (χ0) is 23.7. The lowest BCUT2D eigenvalue weighted by Crippen LogP contribution is -2.17. The molecule has 0 aliphatic heterocycles. The minimum absolute atomic E-state index is 0.176. The molecule has 0 saturated carbocycles. The van der Waals surface area contributed by atoms with E-state index in [0.29, 0.717) is 44.1 Å². The number of rotatable bonds is 6. The van der Waals surface area contributed by atoms with Gasteiger partial charge in [0, 0.05) is 22.7 Å². The summed E-state index contributed by atoms with van der Waals surface area (Å²) >= 11 is 7.20. The molecule has 0 radical (unpaired) electrons. The predicted octanol–water partition coefficient (Wildman–Crippen LogP) is 5.05. The fourth-order valence-electron chi connectivity index (χ4n) is 3.48. The molecule has 0 bridgehead atoms. The number of hydrogen-bond donors (Lipinski definition) is 2. The van der Waals surface area contributed by atoms with Crippen molar-refractivity contribution in [1.82, 2.24) is 14.8 Å². The third-order valence-corrected chi connectivity index (χ3v) is 6.66. The van der Waals surface area contributed by atoms with Crippen molar-refractivity contribution in [3.05, 3.63) is 90.8 Å². The van der Waals surface area contributed by atoms with Crippen LogP contribution in [0.5, 0.6) is 5.75 Å². The number of aromatic nitrogens is 3. The molecule has 2 aromatic carbocycles. The third-order valence-electron chi connectivity index (χ3n) is 5.29. The van der Waals surface area contributed by atoms with E-state index in [1.807, 2.05) is 38.1 Å². The number of ether oxygens (including phenoxy) is 1. The number of amides is 1. The Balaban J connectivity index is 1.62. The second kappa shape index (κ2) is 9.25. The second-order valence-corrected chi connectivity index (χ2v) is 9.14. The van der Waals surface area contributed by atoms with Crippen molar-refractivity contribution < 1.29 is 9.53 Å². The van der Waals surface area contributed by atoms with Gasteiger partial charge in [-0.2, -0.15) is 4.68 Å². The molecule has 0 spiro atoms. The number of thiazole rings is 1. The van der Waals surface area contributed by atoms with Gasteiger partial charge in [0.2, 0.25) is 5.13 Å². The van der Waals surface area contributed by atoms with Gasteiger partial charge < -0.3 is 10.1 Å². The molecule has 2 N–H and O–H groups in total. The minimum Gasteiger partial charge on any atom is -0.495 e. The van der Waals surface area contributed by atoms with Crippen molar-refractivity contribution in [3.8, 4) is 10.9 Å². The fraction of sp³-hybridized carbons (Fsp3) is 0.208. The molecule has 7 nitrogen and oxygen atoms in total. The molecule has 9 heteroatoms. The summed E-state index contributed by atoms with van der Waals surface area (Å²) in [4.78, 5) is 30.9. The van der Waals surface area contributed by atoms with Crippen molar-refractivity contribution in [2.24, 2.45) is 0 Å². The van der Waals surface area contributed by atoms with E-state index in [0.717, 1.165) is 22.6 Å². The molecule has 0 atom stereocenters. The first kappa shape index (κ1) is 22.8. The smallest absolute Gasteiger partial charge is 0.277 e. The van der Waals surface area contributed by atoms with Crippen LogP contribution in [-0.2, 0) is 6.42 Å². The maximum atomic E-state index is 13.1. The van der Waals surface area contributed by atoms with Crippen LogP contribution in [0.2, 0.25) is 5.02 Å². The molecule has 4 aromatic rings. The van der Waals surface area contributed by atoms with Gasteiger partial charge in [0.25, 0.3) is 11.5 Å². The molecular formula is C24H23ClN4O3S. The van der Waals surface area contributed by atoms with E-state index in [4.69, 9.17) is 16.3 Å². The van der Waals surface area contributed by atoms with Crippen LogP contribution in [0.3, 0.4) is 0 Å². The molecule has 170 valence electrons. The van der Waals surface area contributed by atoms with Gasteiger partial charge >= 0.3 is 0 Å². The monoisotopic (exact) mass is 482 g/mol. The van der Waals surface area contributed by atoms with E-state index in [1.165, 1.54) is 17.4 Å². The number of nitrogens with one attached hydrogen (secondary N) is 2. The molecular weight excluding hydrogens is 460 g/mol. The van der Waals surface area contributed by atoms with Crippen LogP contribution in [0.15, 0.2) is 47.3 Å². The summed E-state index contributed by atoms with van der Waals surface area (Å²) in [6, 6.07) is 13.1. The average molecular weight is 483 g/mol. The largest absolute Gasteiger partial charge is 0.495 e. The van der Waals surface area contributed by atoms with E-state index in [-0.39, 0.29) is 11.5 Å². The quantitative estimate of drug-likeness (QED) is 0.402. The van der Waals surface area contributed by atoms with Gasteiger partial charge in [-0.15, -0.1) is 0 Å². The molecule has 0 unspecified atom stereocenters. The highest BCUT2D eigenvalue weighted by Crippen LogP contribution is 2.29. The molecule has 2 heterocycles. The highest BCUT2D eigenvalue weighted by atomic mass is 35.5. The van der Waals surface area contributed by atoms with Crippen molar-refractivity contribution in [3.63, 3.8) is 0 Å². The number of aromatic amines is 1. The molecule has 1 amide bonds. The molecule has 0 saturated heterocycles. The summed E-state index contributed by atoms with van der Waals surface area (Å²) < 4.78 is 6.69. The van der Waals surface area contributed by atoms with E-state index in [9.17, 15) is 9.59 Å². The van der Waals surface area contributed by atoms with Gasteiger partial charge in [-0.25, -0.2) is 4.98 Å². The number of halogens is 1. The van der Waals surface area contributed by atoms with Crippen LogP contribution < -0.4 is 15.6 Å². The van der Waals surface area contributed by atoms with Crippen molar-refractivity contribution in [2.45, 2.75) is 27.2 Å². The summed E-state index contributed by atoms with van der Waals surface area (Å²) in [6.07, 6.45) is 0.515. The molecule has 2 aromatic heterocycles. The maximum Gasteiger partial charge on any atom is 0.277 e. The van der Waals surface area contributed by atoms with Gasteiger partial charge in [-0.3, -0.25) is 14.7 Å². The van der Waals surface area contributed by atoms with E-state index < -0.39 is 0 Å². The number of anilines is 1. The van der Waals surface area contributed by atoms with E-state index >= 15 is 0 Å². The summed E-state index contributed by atoms with van der Waals surface area (Å²) in [6.45, 7) is 5.62. The van der Waals surface area contributed by atoms with Gasteiger partial charge in [-0.05, 0) is 44.5 Å². The summed E-state index contributed by atoms with van der Waals surface area (Å²) in [5.74, 6) is 0.139. The van der Waals surface area contributed by atoms with Crippen LogP contribution in [0.4, 0.5) is 5.69 Å². The SMILES string of the molecule is COc1ccc(Cl)cc1NC(=O)c1sc(-n2[nH]c(C)c(Cc3ccc(C)cc3)c2=O)nc1C. The second-order valence-electron chi connectivity index (χ2n) is 7.73. The molecule has 0 aliphatic carbocycles. The third kappa shape index (κ3) is 4.72. The summed E-state index contributed by atoms with van der Waals surface area (Å²) in [5.41, 5.74) is 4.46. The highest BCUT2D eigenvalue weighted by Gasteiger charge is 2.21. The van der Waals surface area contributed by atoms with Crippen LogP contribution in [0.1, 0.15) is 37.7 Å². The average Bonchev–Trinajstić information content (AvgIpc) is 3.30. The van der Waals surface area contributed by atoms with Crippen LogP contribution in [0.25, 0.3) is 5.13 Å². The lowest BCUT2D eigenvalue weighted by Gasteiger charge is -2.09. The predicted molar refractivity (Wildman–Crippen MR) is 131 cm³/mol. The number of nitrogens with zero attached hydrogens (tertiary/aromatic N) is 2. The van der Waals surface area contributed by atoms with Crippen molar-refractivity contribution in [1.29, 1.82) is 0 Å². The van der Waals surface area contributed by atoms with Gasteiger partial charge in [0.05, 0.1) is 18.5 Å². The van der Waals surface area contributed by atoms with Gasteiger partial charge in [0.1, 0.15) is 10.6 Å². The van der Waals surface area contributed by atoms with Gasteiger partial charge in [-0.1, -0.05) is 52.8 Å². The molecule has 4 rings (SSSR count). The first-order chi connectivity index (χ1) is 15.8. The number of carbonyl (C=O) groups excluding carboxylic acids is 1. The standard InChI is InChI=1S/C24H23ClN4O3S/c1-13-5-7-16(8-6-13)11-18-14(2)28-29(23(18)31)24-26-15(3)21(33-24)22(30)27-19-12-17(25)9-10-20(19)32-4/h5-10,12,28H,11H2,1-4H3,(H,27,30). The van der Waals surface area contributed by atoms with Crippen LogP contribution in [-0.4, -0.2) is 27.8 Å². The Hall–Kier alpha value is -3.36. The van der Waals surface area contributed by atoms with Crippen molar-refractivity contribution in [2.75, 3.05) is 12.4 Å². The number of carbonyl (C=O) groups is 1. The molecule has 0 aliphatic rings. The normalized spacial score (nSPS) is 10.9. The molecule has 0 fully saturated rings. The molecule has 33 heavy (non-hydrogen) atoms. The van der Waals surface area contributed by atoms with E-state index in [2.05, 4.69) is 15.4 Å². The number of H-pyrrole nitrogens is 1. The Labute approximate surface area is 200 Å². The first-order valence-corrected chi connectivity index (χ1v) is 11.4. The Bertz CT molecular complexity index is 1390. The topological polar surface area (TPSA) is 89.0 Å².